The summed E-state index contributed by atoms with van der Waals surface area (Å²) < 4.78 is 0. The molecule has 0 unspecified atom stereocenters. The summed E-state index contributed by atoms with van der Waals surface area (Å²) >= 11 is 5.27. The summed E-state index contributed by atoms with van der Waals surface area (Å²) in [5.74, 6) is 0.0533. The fourth-order valence-corrected chi connectivity index (χ4v) is 0.896. The Labute approximate surface area is 59.6 Å². The molecule has 1 amide bonds. The molecule has 0 spiro atoms. The van der Waals surface area contributed by atoms with Crippen LogP contribution in [0.3, 0.4) is 0 Å². The molecule has 0 aliphatic heterocycles. The van der Waals surface area contributed by atoms with Gasteiger partial charge in [0.1, 0.15) is 5.88 Å². The molecule has 0 aromatic heterocycles. The normalized spacial score (nSPS) is 18.8. The van der Waals surface area contributed by atoms with Gasteiger partial charge in [-0.1, -0.05) is 0 Å². The van der Waals surface area contributed by atoms with E-state index < -0.39 is 0 Å². The Morgan fingerprint density at radius 3 is 2.67 bits per heavy atom. The minimum absolute atomic E-state index is 0.0404. The van der Waals surface area contributed by atoms with Gasteiger partial charge in [0.25, 0.3) is 0 Å². The molecule has 0 aromatic rings. The van der Waals surface area contributed by atoms with Crippen molar-refractivity contribution in [3.8, 4) is 0 Å². The lowest BCUT2D eigenvalue weighted by atomic mass is 9.93. The van der Waals surface area contributed by atoms with Crippen LogP contribution in [0, 0.1) is 0 Å². The van der Waals surface area contributed by atoms with Crippen molar-refractivity contribution in [1.82, 2.24) is 5.32 Å². The Kier molecular flexibility index (Phi) is 2.34. The number of carbonyl (C=O) groups is 1. The van der Waals surface area contributed by atoms with Crippen LogP contribution in [0.2, 0.25) is 0 Å². The molecule has 52 valence electrons. The van der Waals surface area contributed by atoms with Gasteiger partial charge in [-0.3, -0.25) is 4.79 Å². The largest absolute Gasteiger partial charge is 0.352 e. The van der Waals surface area contributed by atoms with Crippen LogP contribution in [0.1, 0.15) is 19.3 Å². The Bertz CT molecular complexity index is 112. The summed E-state index contributed by atoms with van der Waals surface area (Å²) in [6.45, 7) is 0. The molecule has 1 fully saturated rings. The number of carbonyl (C=O) groups excluding carboxylic acids is 1. The van der Waals surface area contributed by atoms with Gasteiger partial charge in [-0.25, -0.2) is 0 Å². The van der Waals surface area contributed by atoms with Gasteiger partial charge in [0.15, 0.2) is 0 Å². The molecule has 0 saturated heterocycles. The molecule has 3 heteroatoms. The fraction of sp³-hybridized carbons (Fsp3) is 0.833. The van der Waals surface area contributed by atoms with Gasteiger partial charge >= 0.3 is 0 Å². The number of alkyl halides is 1. The summed E-state index contributed by atoms with van der Waals surface area (Å²) in [5.41, 5.74) is 0. The molecule has 0 aromatic carbocycles. The van der Waals surface area contributed by atoms with Crippen LogP contribution in [0.5, 0.6) is 0 Å². The Morgan fingerprint density at radius 2 is 2.33 bits per heavy atom. The number of amides is 1. The number of hydrogen-bond donors (Lipinski definition) is 1. The molecule has 1 aliphatic rings. The highest BCUT2D eigenvalue weighted by Crippen LogP contribution is 2.17. The van der Waals surface area contributed by atoms with E-state index in [1.165, 1.54) is 6.42 Å². The highest BCUT2D eigenvalue weighted by molar-refractivity contribution is 6.27. The second-order valence-corrected chi connectivity index (χ2v) is 2.60. The number of nitrogens with one attached hydrogen (secondary N) is 1. The molecule has 1 saturated carbocycles. The van der Waals surface area contributed by atoms with E-state index in [-0.39, 0.29) is 11.8 Å². The summed E-state index contributed by atoms with van der Waals surface area (Å²) in [6.07, 6.45) is 3.50. The SMILES string of the molecule is O=C(CCl)NC1CCC1. The van der Waals surface area contributed by atoms with Crippen molar-refractivity contribution in [2.45, 2.75) is 25.3 Å². The first-order chi connectivity index (χ1) is 4.33. The lowest BCUT2D eigenvalue weighted by Gasteiger charge is -2.25. The van der Waals surface area contributed by atoms with Crippen molar-refractivity contribution in [2.75, 3.05) is 5.88 Å². The van der Waals surface area contributed by atoms with E-state index in [4.69, 9.17) is 11.6 Å². The highest BCUT2D eigenvalue weighted by atomic mass is 35.5. The zero-order valence-corrected chi connectivity index (χ0v) is 5.95. The molecule has 0 bridgehead atoms. The maximum Gasteiger partial charge on any atom is 0.235 e. The van der Waals surface area contributed by atoms with Crippen LogP contribution in [0.4, 0.5) is 0 Å². The number of rotatable bonds is 2. The first kappa shape index (κ1) is 6.87. The maximum absolute atomic E-state index is 10.6. The summed E-state index contributed by atoms with van der Waals surface area (Å²) in [6, 6.07) is 0.427. The topological polar surface area (TPSA) is 29.1 Å². The smallest absolute Gasteiger partial charge is 0.235 e. The molecular weight excluding hydrogens is 138 g/mol. The summed E-state index contributed by atoms with van der Waals surface area (Å²) in [4.78, 5) is 10.6. The van der Waals surface area contributed by atoms with E-state index in [9.17, 15) is 4.79 Å². The fourth-order valence-electron chi connectivity index (χ4n) is 0.819. The molecule has 9 heavy (non-hydrogen) atoms. The third-order valence-corrected chi connectivity index (χ3v) is 1.83. The van der Waals surface area contributed by atoms with E-state index in [0.29, 0.717) is 6.04 Å². The van der Waals surface area contributed by atoms with Crippen molar-refractivity contribution in [1.29, 1.82) is 0 Å². The molecule has 1 rings (SSSR count). The first-order valence-electron chi connectivity index (χ1n) is 3.18. The third kappa shape index (κ3) is 1.86. The van der Waals surface area contributed by atoms with Crippen molar-refractivity contribution in [2.24, 2.45) is 0 Å². The second kappa shape index (κ2) is 3.06. The average molecular weight is 148 g/mol. The van der Waals surface area contributed by atoms with Crippen molar-refractivity contribution in [3.05, 3.63) is 0 Å². The highest BCUT2D eigenvalue weighted by Gasteiger charge is 2.18. The van der Waals surface area contributed by atoms with Gasteiger partial charge in [-0.05, 0) is 19.3 Å². The quantitative estimate of drug-likeness (QED) is 0.578. The van der Waals surface area contributed by atoms with Crippen LogP contribution in [-0.2, 0) is 4.79 Å². The van der Waals surface area contributed by atoms with Crippen molar-refractivity contribution >= 4 is 17.5 Å². The monoisotopic (exact) mass is 147 g/mol. The molecular formula is C6H10ClNO. The predicted octanol–water partition coefficient (Wildman–Crippen LogP) is 0.894. The zero-order chi connectivity index (χ0) is 6.69. The third-order valence-electron chi connectivity index (χ3n) is 1.59. The minimum atomic E-state index is -0.0404. The average Bonchev–Trinajstić information content (AvgIpc) is 1.78. The predicted molar refractivity (Wildman–Crippen MR) is 36.5 cm³/mol. The van der Waals surface area contributed by atoms with E-state index in [1.807, 2.05) is 0 Å². The Morgan fingerprint density at radius 1 is 1.67 bits per heavy atom. The molecule has 0 radical (unpaired) electrons. The van der Waals surface area contributed by atoms with Crippen LogP contribution in [-0.4, -0.2) is 17.8 Å². The first-order valence-corrected chi connectivity index (χ1v) is 3.71. The van der Waals surface area contributed by atoms with Gasteiger partial charge in [-0.15, -0.1) is 11.6 Å². The van der Waals surface area contributed by atoms with Crippen LogP contribution >= 0.6 is 11.6 Å². The van der Waals surface area contributed by atoms with Crippen LogP contribution in [0.15, 0.2) is 0 Å². The van der Waals surface area contributed by atoms with Gasteiger partial charge in [0.2, 0.25) is 5.91 Å². The standard InChI is InChI=1S/C6H10ClNO/c7-4-6(9)8-5-2-1-3-5/h5H,1-4H2,(H,8,9). The summed E-state index contributed by atoms with van der Waals surface area (Å²) in [5, 5.41) is 2.80. The number of halogens is 1. The van der Waals surface area contributed by atoms with E-state index in [2.05, 4.69) is 5.32 Å². The van der Waals surface area contributed by atoms with E-state index in [1.54, 1.807) is 0 Å². The zero-order valence-electron chi connectivity index (χ0n) is 5.19. The molecule has 0 atom stereocenters. The summed E-state index contributed by atoms with van der Waals surface area (Å²) in [7, 11) is 0. The number of hydrogen-bond acceptors (Lipinski definition) is 1. The Hall–Kier alpha value is -0.240. The molecule has 0 heterocycles. The van der Waals surface area contributed by atoms with E-state index >= 15 is 0 Å². The molecule has 1 N–H and O–H groups in total. The van der Waals surface area contributed by atoms with Gasteiger partial charge in [0, 0.05) is 6.04 Å². The molecule has 1 aliphatic carbocycles. The second-order valence-electron chi connectivity index (χ2n) is 2.33. The Balaban J connectivity index is 2.09. The lowest BCUT2D eigenvalue weighted by molar-refractivity contribution is -0.119. The van der Waals surface area contributed by atoms with E-state index in [0.717, 1.165) is 12.8 Å². The van der Waals surface area contributed by atoms with Crippen LogP contribution in [0.25, 0.3) is 0 Å². The van der Waals surface area contributed by atoms with Crippen LogP contribution < -0.4 is 5.32 Å². The van der Waals surface area contributed by atoms with Gasteiger partial charge < -0.3 is 5.32 Å². The van der Waals surface area contributed by atoms with Gasteiger partial charge in [-0.2, -0.15) is 0 Å². The maximum atomic E-state index is 10.6. The van der Waals surface area contributed by atoms with Crippen molar-refractivity contribution < 1.29 is 4.79 Å². The molecule has 2 nitrogen and oxygen atoms in total. The minimum Gasteiger partial charge on any atom is -0.352 e. The van der Waals surface area contributed by atoms with Crippen molar-refractivity contribution in [3.63, 3.8) is 0 Å². The van der Waals surface area contributed by atoms with Gasteiger partial charge in [0.05, 0.1) is 0 Å². The lowest BCUT2D eigenvalue weighted by Crippen LogP contribution is -2.40.